The van der Waals surface area contributed by atoms with E-state index in [1.807, 2.05) is 25.1 Å². The molecule has 0 radical (unpaired) electrons. The van der Waals surface area contributed by atoms with Crippen LogP contribution in [0.1, 0.15) is 57.2 Å². The van der Waals surface area contributed by atoms with Crippen molar-refractivity contribution in [1.82, 2.24) is 9.55 Å². The molecule has 1 aliphatic carbocycles. The molecule has 1 heterocycles. The average Bonchev–Trinajstić information content (AvgIpc) is 2.77. The first-order valence-corrected chi connectivity index (χ1v) is 8.60. The summed E-state index contributed by atoms with van der Waals surface area (Å²) in [5, 5.41) is 0.662. The molecule has 2 nitrogen and oxygen atoms in total. The Bertz CT molecular complexity index is 640. The Morgan fingerprint density at radius 2 is 2.00 bits per heavy atom. The molecule has 1 aromatic heterocycles. The van der Waals surface area contributed by atoms with Gasteiger partial charge in [0.1, 0.15) is 5.82 Å². The predicted molar refractivity (Wildman–Crippen MR) is 90.2 cm³/mol. The van der Waals surface area contributed by atoms with Gasteiger partial charge in [-0.25, -0.2) is 4.98 Å². The predicted octanol–water partition coefficient (Wildman–Crippen LogP) is 5.96. The van der Waals surface area contributed by atoms with Gasteiger partial charge < -0.3 is 4.57 Å². The van der Waals surface area contributed by atoms with Crippen molar-refractivity contribution >= 4 is 34.2 Å². The molecular weight excluding hydrogens is 303 g/mol. The number of hydrogen-bond acceptors (Lipinski definition) is 1. The molecule has 21 heavy (non-hydrogen) atoms. The highest BCUT2D eigenvalue weighted by molar-refractivity contribution is 6.31. The van der Waals surface area contributed by atoms with Crippen LogP contribution in [0, 0.1) is 5.41 Å². The third-order valence-electron chi connectivity index (χ3n) is 4.70. The lowest BCUT2D eigenvalue weighted by Gasteiger charge is -2.34. The number of nitrogens with zero attached hydrogens (tertiary/aromatic N) is 2. The molecule has 1 saturated carbocycles. The summed E-state index contributed by atoms with van der Waals surface area (Å²) in [7, 11) is 0. The van der Waals surface area contributed by atoms with Crippen molar-refractivity contribution in [2.45, 2.75) is 57.9 Å². The zero-order valence-corrected chi connectivity index (χ0v) is 14.2. The van der Waals surface area contributed by atoms with Crippen molar-refractivity contribution in [3.63, 3.8) is 0 Å². The lowest BCUT2D eigenvalue weighted by atomic mass is 9.75. The number of fused-ring (bicyclic) bond motifs is 1. The molecule has 0 spiro atoms. The van der Waals surface area contributed by atoms with E-state index in [9.17, 15) is 0 Å². The van der Waals surface area contributed by atoms with Crippen molar-refractivity contribution in [3.8, 4) is 0 Å². The van der Waals surface area contributed by atoms with Gasteiger partial charge >= 0.3 is 0 Å². The summed E-state index contributed by atoms with van der Waals surface area (Å²) in [5.74, 6) is 0.959. The van der Waals surface area contributed by atoms with Crippen LogP contribution in [0.25, 0.3) is 11.0 Å². The second kappa shape index (κ2) is 5.81. The van der Waals surface area contributed by atoms with Gasteiger partial charge in [-0.2, -0.15) is 0 Å². The first-order valence-electron chi connectivity index (χ1n) is 7.78. The van der Waals surface area contributed by atoms with Gasteiger partial charge in [0.2, 0.25) is 0 Å². The van der Waals surface area contributed by atoms with E-state index in [0.717, 1.165) is 28.4 Å². The number of aromatic nitrogens is 2. The van der Waals surface area contributed by atoms with Crippen molar-refractivity contribution < 1.29 is 0 Å². The molecule has 1 atom stereocenters. The maximum absolute atomic E-state index is 6.37. The normalized spacial score (nSPS) is 19.8. The Hall–Kier alpha value is -0.730. The van der Waals surface area contributed by atoms with Crippen LogP contribution < -0.4 is 0 Å². The number of alkyl halides is 1. The second-order valence-electron chi connectivity index (χ2n) is 6.68. The lowest BCUT2D eigenvalue weighted by molar-refractivity contribution is 0.183. The van der Waals surface area contributed by atoms with Crippen molar-refractivity contribution in [1.29, 1.82) is 0 Å². The quantitative estimate of drug-likeness (QED) is 0.637. The fraction of sp³-hybridized carbons (Fsp3) is 0.588. The van der Waals surface area contributed by atoms with Gasteiger partial charge in [0.15, 0.2) is 0 Å². The van der Waals surface area contributed by atoms with Crippen LogP contribution in [0.15, 0.2) is 18.2 Å². The molecule has 3 rings (SSSR count). The molecule has 1 aromatic carbocycles. The van der Waals surface area contributed by atoms with Crippen LogP contribution in [0.4, 0.5) is 0 Å². The van der Waals surface area contributed by atoms with Crippen molar-refractivity contribution in [2.24, 2.45) is 5.41 Å². The number of halogens is 2. The molecule has 1 fully saturated rings. The van der Waals surface area contributed by atoms with E-state index in [0.29, 0.717) is 5.41 Å². The summed E-state index contributed by atoms with van der Waals surface area (Å²) < 4.78 is 2.30. The summed E-state index contributed by atoms with van der Waals surface area (Å²) in [6, 6.07) is 5.89. The van der Waals surface area contributed by atoms with Crippen LogP contribution in [-0.2, 0) is 6.54 Å². The smallest absolute Gasteiger partial charge is 0.127 e. The molecule has 0 amide bonds. The van der Waals surface area contributed by atoms with Gasteiger partial charge in [0.05, 0.1) is 16.4 Å². The van der Waals surface area contributed by atoms with Gasteiger partial charge in [0.25, 0.3) is 0 Å². The van der Waals surface area contributed by atoms with E-state index < -0.39 is 0 Å². The first kappa shape index (κ1) is 15.2. The summed E-state index contributed by atoms with van der Waals surface area (Å²) in [6.45, 7) is 5.37. The fourth-order valence-corrected chi connectivity index (χ4v) is 3.86. The third-order valence-corrected chi connectivity index (χ3v) is 5.13. The molecule has 0 bridgehead atoms. The SMILES string of the molecule is CC(Cl)c1nc2ccc(Cl)cc2n1CC1(C)CCCCC1. The molecule has 114 valence electrons. The van der Waals surface area contributed by atoms with E-state index in [-0.39, 0.29) is 5.38 Å². The van der Waals surface area contributed by atoms with Gasteiger partial charge in [-0.1, -0.05) is 37.8 Å². The van der Waals surface area contributed by atoms with E-state index in [2.05, 4.69) is 11.5 Å². The van der Waals surface area contributed by atoms with E-state index >= 15 is 0 Å². The average molecular weight is 325 g/mol. The molecule has 4 heteroatoms. The summed E-state index contributed by atoms with van der Waals surface area (Å²) in [5.41, 5.74) is 2.44. The minimum Gasteiger partial charge on any atom is -0.326 e. The molecule has 2 aromatic rings. The Morgan fingerprint density at radius 1 is 1.29 bits per heavy atom. The van der Waals surface area contributed by atoms with Gasteiger partial charge in [-0.15, -0.1) is 11.6 Å². The summed E-state index contributed by atoms with van der Waals surface area (Å²) in [6.07, 6.45) is 6.59. The molecule has 0 saturated heterocycles. The van der Waals surface area contributed by atoms with Crippen molar-refractivity contribution in [3.05, 3.63) is 29.0 Å². The van der Waals surface area contributed by atoms with Crippen molar-refractivity contribution in [2.75, 3.05) is 0 Å². The highest BCUT2D eigenvalue weighted by Crippen LogP contribution is 2.39. The lowest BCUT2D eigenvalue weighted by Crippen LogP contribution is -2.27. The minimum absolute atomic E-state index is 0.0941. The van der Waals surface area contributed by atoms with Crippen LogP contribution in [0.2, 0.25) is 5.02 Å². The standard InChI is InChI=1S/C17H22Cl2N2/c1-12(18)16-20-14-7-6-13(19)10-15(14)21(16)11-17(2)8-4-3-5-9-17/h6-7,10,12H,3-5,8-9,11H2,1-2H3. The number of benzene rings is 1. The molecule has 1 unspecified atom stereocenters. The highest BCUT2D eigenvalue weighted by Gasteiger charge is 2.29. The van der Waals surface area contributed by atoms with Crippen LogP contribution >= 0.6 is 23.2 Å². The van der Waals surface area contributed by atoms with E-state index in [1.54, 1.807) is 0 Å². The number of imidazole rings is 1. The highest BCUT2D eigenvalue weighted by atomic mass is 35.5. The van der Waals surface area contributed by atoms with Gasteiger partial charge in [0, 0.05) is 11.6 Å². The van der Waals surface area contributed by atoms with Crippen LogP contribution in [0.5, 0.6) is 0 Å². The molecular formula is C17H22Cl2N2. The molecule has 1 aliphatic rings. The van der Waals surface area contributed by atoms with E-state index in [4.69, 9.17) is 28.2 Å². The summed E-state index contributed by atoms with van der Waals surface area (Å²) >= 11 is 12.5. The van der Waals surface area contributed by atoms with Gasteiger partial charge in [-0.05, 0) is 43.4 Å². The first-order chi connectivity index (χ1) is 9.98. The fourth-order valence-electron chi connectivity index (χ4n) is 3.53. The zero-order valence-electron chi connectivity index (χ0n) is 12.7. The largest absolute Gasteiger partial charge is 0.326 e. The van der Waals surface area contributed by atoms with Crippen LogP contribution in [0.3, 0.4) is 0 Å². The van der Waals surface area contributed by atoms with Crippen LogP contribution in [-0.4, -0.2) is 9.55 Å². The number of rotatable bonds is 3. The maximum Gasteiger partial charge on any atom is 0.127 e. The third kappa shape index (κ3) is 3.07. The molecule has 0 N–H and O–H groups in total. The second-order valence-corrected chi connectivity index (χ2v) is 7.77. The summed E-state index contributed by atoms with van der Waals surface area (Å²) in [4.78, 5) is 4.72. The monoisotopic (exact) mass is 324 g/mol. The minimum atomic E-state index is -0.0941. The Kier molecular flexibility index (Phi) is 4.20. The molecule has 0 aliphatic heterocycles. The topological polar surface area (TPSA) is 17.8 Å². The Morgan fingerprint density at radius 3 is 2.67 bits per heavy atom. The Labute approximate surface area is 136 Å². The zero-order chi connectivity index (χ0) is 15.0. The maximum atomic E-state index is 6.37. The van der Waals surface area contributed by atoms with Gasteiger partial charge in [-0.3, -0.25) is 0 Å². The number of hydrogen-bond donors (Lipinski definition) is 0. The Balaban J connectivity index is 2.06. The van der Waals surface area contributed by atoms with E-state index in [1.165, 1.54) is 32.1 Å².